The van der Waals surface area contributed by atoms with Crippen LogP contribution in [0.1, 0.15) is 24.4 Å². The van der Waals surface area contributed by atoms with Gasteiger partial charge in [0.2, 0.25) is 0 Å². The van der Waals surface area contributed by atoms with Crippen LogP contribution in [0, 0.1) is 11.6 Å². The fourth-order valence-electron chi connectivity index (χ4n) is 2.03. The molecule has 0 spiro atoms. The van der Waals surface area contributed by atoms with Gasteiger partial charge in [-0.15, -0.1) is 0 Å². The van der Waals surface area contributed by atoms with E-state index >= 15 is 0 Å². The number of halogens is 2. The first-order valence-electron chi connectivity index (χ1n) is 5.87. The summed E-state index contributed by atoms with van der Waals surface area (Å²) in [5.74, 6) is -1.77. The first-order chi connectivity index (χ1) is 8.66. The van der Waals surface area contributed by atoms with Crippen molar-refractivity contribution in [3.05, 3.63) is 58.3 Å². The third-order valence-electron chi connectivity index (χ3n) is 3.19. The standard InChI is InChI=1S/C13H12F2N2O/c14-11-3-1-2-9(12(11)15)8-16-6-7-17(13(16)18)10-4-5-10/h1-3,6-7,10H,4-5,8H2. The molecule has 1 aromatic heterocycles. The van der Waals surface area contributed by atoms with E-state index in [1.54, 1.807) is 17.0 Å². The van der Waals surface area contributed by atoms with E-state index in [0.717, 1.165) is 18.9 Å². The van der Waals surface area contributed by atoms with Crippen molar-refractivity contribution in [1.82, 2.24) is 9.13 Å². The van der Waals surface area contributed by atoms with Crippen molar-refractivity contribution in [3.63, 3.8) is 0 Å². The lowest BCUT2D eigenvalue weighted by atomic mass is 10.2. The lowest BCUT2D eigenvalue weighted by Crippen LogP contribution is -2.24. The molecule has 1 aliphatic rings. The lowest BCUT2D eigenvalue weighted by Gasteiger charge is -2.04. The van der Waals surface area contributed by atoms with Gasteiger partial charge in [-0.05, 0) is 18.9 Å². The summed E-state index contributed by atoms with van der Waals surface area (Å²) in [6, 6.07) is 4.28. The molecule has 0 aliphatic heterocycles. The van der Waals surface area contributed by atoms with Crippen LogP contribution in [0.4, 0.5) is 8.78 Å². The van der Waals surface area contributed by atoms with E-state index < -0.39 is 11.6 Å². The molecule has 18 heavy (non-hydrogen) atoms. The van der Waals surface area contributed by atoms with Crippen LogP contribution >= 0.6 is 0 Å². The van der Waals surface area contributed by atoms with E-state index in [1.165, 1.54) is 16.7 Å². The Bertz CT molecular complexity index is 641. The van der Waals surface area contributed by atoms with Crippen molar-refractivity contribution in [3.8, 4) is 0 Å². The molecule has 1 aliphatic carbocycles. The normalized spacial score (nSPS) is 15.0. The molecule has 0 bridgehead atoms. The summed E-state index contributed by atoms with van der Waals surface area (Å²) in [4.78, 5) is 12.0. The molecule has 1 fully saturated rings. The molecular formula is C13H12F2N2O. The second-order valence-corrected chi connectivity index (χ2v) is 4.56. The van der Waals surface area contributed by atoms with E-state index in [2.05, 4.69) is 0 Å². The van der Waals surface area contributed by atoms with Gasteiger partial charge in [0, 0.05) is 24.0 Å². The van der Waals surface area contributed by atoms with Crippen LogP contribution in [0.5, 0.6) is 0 Å². The average molecular weight is 250 g/mol. The summed E-state index contributed by atoms with van der Waals surface area (Å²) < 4.78 is 29.6. The maximum Gasteiger partial charge on any atom is 0.328 e. The van der Waals surface area contributed by atoms with E-state index in [9.17, 15) is 13.6 Å². The van der Waals surface area contributed by atoms with Gasteiger partial charge in [0.25, 0.3) is 0 Å². The Hall–Kier alpha value is -1.91. The molecule has 1 heterocycles. The summed E-state index contributed by atoms with van der Waals surface area (Å²) in [5, 5.41) is 0. The number of hydrogen-bond acceptors (Lipinski definition) is 1. The van der Waals surface area contributed by atoms with E-state index in [0.29, 0.717) is 0 Å². The smallest absolute Gasteiger partial charge is 0.296 e. The van der Waals surface area contributed by atoms with E-state index in [-0.39, 0.29) is 23.8 Å². The fraction of sp³-hybridized carbons (Fsp3) is 0.308. The lowest BCUT2D eigenvalue weighted by molar-refractivity contribution is 0.493. The summed E-state index contributed by atoms with van der Waals surface area (Å²) in [6.45, 7) is 0.0577. The van der Waals surface area contributed by atoms with Gasteiger partial charge in [0.1, 0.15) is 0 Å². The quantitative estimate of drug-likeness (QED) is 0.821. The molecule has 1 saturated carbocycles. The van der Waals surface area contributed by atoms with Crippen LogP contribution in [0.2, 0.25) is 0 Å². The third kappa shape index (κ3) is 1.85. The molecule has 94 valence electrons. The Labute approximate surface area is 102 Å². The van der Waals surface area contributed by atoms with Gasteiger partial charge in [0.05, 0.1) is 6.54 Å². The van der Waals surface area contributed by atoms with Gasteiger partial charge < -0.3 is 0 Å². The largest absolute Gasteiger partial charge is 0.328 e. The minimum Gasteiger partial charge on any atom is -0.296 e. The van der Waals surface area contributed by atoms with Crippen LogP contribution < -0.4 is 5.69 Å². The van der Waals surface area contributed by atoms with Gasteiger partial charge in [-0.3, -0.25) is 9.13 Å². The zero-order chi connectivity index (χ0) is 12.7. The molecule has 1 aromatic carbocycles. The number of nitrogens with zero attached hydrogens (tertiary/aromatic N) is 2. The highest BCUT2D eigenvalue weighted by Gasteiger charge is 2.25. The van der Waals surface area contributed by atoms with Gasteiger partial charge in [-0.1, -0.05) is 12.1 Å². The number of benzene rings is 1. The van der Waals surface area contributed by atoms with Crippen LogP contribution in [0.25, 0.3) is 0 Å². The number of aromatic nitrogens is 2. The Morgan fingerprint density at radius 1 is 1.22 bits per heavy atom. The van der Waals surface area contributed by atoms with Gasteiger partial charge in [-0.2, -0.15) is 0 Å². The second kappa shape index (κ2) is 4.08. The summed E-state index contributed by atoms with van der Waals surface area (Å²) in [6.07, 6.45) is 5.35. The molecule has 0 N–H and O–H groups in total. The van der Waals surface area contributed by atoms with Gasteiger partial charge in [0.15, 0.2) is 11.6 Å². The highest BCUT2D eigenvalue weighted by molar-refractivity contribution is 5.19. The summed E-state index contributed by atoms with van der Waals surface area (Å²) in [7, 11) is 0. The number of rotatable bonds is 3. The van der Waals surface area contributed by atoms with Gasteiger partial charge >= 0.3 is 5.69 Å². The second-order valence-electron chi connectivity index (χ2n) is 4.56. The Kier molecular flexibility index (Phi) is 2.54. The maximum atomic E-state index is 13.5. The SMILES string of the molecule is O=c1n(Cc2cccc(F)c2F)ccn1C1CC1. The van der Waals surface area contributed by atoms with Crippen LogP contribution in [-0.2, 0) is 6.54 Å². The minimum atomic E-state index is -0.887. The molecule has 0 saturated heterocycles. The molecular weight excluding hydrogens is 238 g/mol. The Morgan fingerprint density at radius 3 is 2.72 bits per heavy atom. The van der Waals surface area contributed by atoms with Crippen LogP contribution in [0.3, 0.4) is 0 Å². The van der Waals surface area contributed by atoms with Crippen molar-refractivity contribution in [1.29, 1.82) is 0 Å². The van der Waals surface area contributed by atoms with Crippen molar-refractivity contribution >= 4 is 0 Å². The van der Waals surface area contributed by atoms with Crippen molar-refractivity contribution in [2.45, 2.75) is 25.4 Å². The Morgan fingerprint density at radius 2 is 2.00 bits per heavy atom. The minimum absolute atomic E-state index is 0.0577. The Balaban J connectivity index is 1.92. The topological polar surface area (TPSA) is 26.9 Å². The van der Waals surface area contributed by atoms with Crippen LogP contribution in [-0.4, -0.2) is 9.13 Å². The molecule has 0 amide bonds. The van der Waals surface area contributed by atoms with Crippen molar-refractivity contribution < 1.29 is 8.78 Å². The zero-order valence-electron chi connectivity index (χ0n) is 9.64. The van der Waals surface area contributed by atoms with E-state index in [4.69, 9.17) is 0 Å². The molecule has 0 unspecified atom stereocenters. The molecule has 3 nitrogen and oxygen atoms in total. The van der Waals surface area contributed by atoms with Crippen molar-refractivity contribution in [2.75, 3.05) is 0 Å². The van der Waals surface area contributed by atoms with Crippen molar-refractivity contribution in [2.24, 2.45) is 0 Å². The fourth-order valence-corrected chi connectivity index (χ4v) is 2.03. The first-order valence-corrected chi connectivity index (χ1v) is 5.87. The predicted octanol–water partition coefficient (Wildman–Crippen LogP) is 2.31. The molecule has 3 rings (SSSR count). The highest BCUT2D eigenvalue weighted by Crippen LogP contribution is 2.33. The molecule has 2 aromatic rings. The summed E-state index contributed by atoms with van der Waals surface area (Å²) >= 11 is 0. The van der Waals surface area contributed by atoms with Gasteiger partial charge in [-0.25, -0.2) is 13.6 Å². The molecule has 5 heteroatoms. The monoisotopic (exact) mass is 250 g/mol. The number of imidazole rings is 1. The molecule has 0 atom stereocenters. The zero-order valence-corrected chi connectivity index (χ0v) is 9.64. The van der Waals surface area contributed by atoms with Crippen LogP contribution in [0.15, 0.2) is 35.4 Å². The number of hydrogen-bond donors (Lipinski definition) is 0. The summed E-state index contributed by atoms with van der Waals surface area (Å²) in [5.41, 5.74) is 0.0202. The maximum absolute atomic E-state index is 13.5. The molecule has 0 radical (unpaired) electrons. The average Bonchev–Trinajstić information content (AvgIpc) is 3.12. The predicted molar refractivity (Wildman–Crippen MR) is 62.4 cm³/mol. The van der Waals surface area contributed by atoms with E-state index in [1.807, 2.05) is 0 Å². The first kappa shape index (κ1) is 11.2. The third-order valence-corrected chi connectivity index (χ3v) is 3.19. The highest BCUT2D eigenvalue weighted by atomic mass is 19.2.